The Kier molecular flexibility index (Phi) is 4.88. The van der Waals surface area contributed by atoms with Crippen LogP contribution in [0.1, 0.15) is 23.6 Å². The van der Waals surface area contributed by atoms with Crippen LogP contribution in [0.3, 0.4) is 0 Å². The molecule has 0 saturated carbocycles. The summed E-state index contributed by atoms with van der Waals surface area (Å²) in [5, 5.41) is 0.0302. The Morgan fingerprint density at radius 2 is 1.90 bits per heavy atom. The first-order valence-electron chi connectivity index (χ1n) is 6.32. The molecule has 0 spiro atoms. The summed E-state index contributed by atoms with van der Waals surface area (Å²) in [6.07, 6.45) is 0.458. The third kappa shape index (κ3) is 3.89. The topological polar surface area (TPSA) is 43.1 Å². The molecule has 0 fully saturated rings. The Morgan fingerprint density at radius 3 is 2.55 bits per heavy atom. The summed E-state index contributed by atoms with van der Waals surface area (Å²) in [4.78, 5) is 12.0. The summed E-state index contributed by atoms with van der Waals surface area (Å²) in [5.74, 6) is -0.479. The molecule has 0 aliphatic heterocycles. The lowest BCUT2D eigenvalue weighted by Crippen LogP contribution is -2.16. The van der Waals surface area contributed by atoms with Gasteiger partial charge >= 0.3 is 0 Å². The number of carbonyl (C=O) groups excluding carboxylic acids is 1. The van der Waals surface area contributed by atoms with Crippen LogP contribution >= 0.6 is 11.6 Å². The van der Waals surface area contributed by atoms with Gasteiger partial charge in [-0.1, -0.05) is 48.0 Å². The van der Waals surface area contributed by atoms with Gasteiger partial charge in [-0.25, -0.2) is 4.39 Å². The van der Waals surface area contributed by atoms with Crippen LogP contribution in [0.4, 0.5) is 4.39 Å². The van der Waals surface area contributed by atoms with Gasteiger partial charge in [0.05, 0.1) is 5.02 Å². The van der Waals surface area contributed by atoms with Gasteiger partial charge < -0.3 is 5.73 Å². The van der Waals surface area contributed by atoms with Gasteiger partial charge in [0.1, 0.15) is 11.6 Å². The predicted octanol–water partition coefficient (Wildman–Crippen LogP) is 3.68. The van der Waals surface area contributed by atoms with E-state index in [-0.39, 0.29) is 29.7 Å². The number of benzene rings is 2. The summed E-state index contributed by atoms with van der Waals surface area (Å²) in [6.45, 7) is 0. The maximum Gasteiger partial charge on any atom is 0.141 e. The predicted molar refractivity (Wildman–Crippen MR) is 78.1 cm³/mol. The number of halogens is 2. The number of Topliss-reactive ketones (excluding diaryl/α,β-unsaturated/α-hetero) is 1. The highest BCUT2D eigenvalue weighted by atomic mass is 35.5. The smallest absolute Gasteiger partial charge is 0.141 e. The molecule has 104 valence electrons. The van der Waals surface area contributed by atoms with Crippen molar-refractivity contribution in [1.82, 2.24) is 0 Å². The molecule has 2 aromatic rings. The van der Waals surface area contributed by atoms with E-state index in [9.17, 15) is 9.18 Å². The Labute approximate surface area is 122 Å². The molecule has 0 bridgehead atoms. The zero-order chi connectivity index (χ0) is 14.5. The molecule has 2 rings (SSSR count). The van der Waals surface area contributed by atoms with Crippen molar-refractivity contribution in [2.24, 2.45) is 5.73 Å². The Hall–Kier alpha value is -1.71. The van der Waals surface area contributed by atoms with E-state index in [1.807, 2.05) is 30.3 Å². The summed E-state index contributed by atoms with van der Waals surface area (Å²) in [6, 6.07) is 13.5. The maximum atomic E-state index is 13.0. The number of hydrogen-bond donors (Lipinski definition) is 1. The Morgan fingerprint density at radius 1 is 1.20 bits per heavy atom. The van der Waals surface area contributed by atoms with Crippen molar-refractivity contribution in [3.63, 3.8) is 0 Å². The molecule has 0 heterocycles. The van der Waals surface area contributed by atoms with E-state index in [2.05, 4.69) is 0 Å². The number of hydrogen-bond acceptors (Lipinski definition) is 2. The van der Waals surface area contributed by atoms with Crippen molar-refractivity contribution in [1.29, 1.82) is 0 Å². The van der Waals surface area contributed by atoms with Crippen molar-refractivity contribution in [2.75, 3.05) is 0 Å². The minimum Gasteiger partial charge on any atom is -0.324 e. The second-order valence-electron chi connectivity index (χ2n) is 4.69. The number of carbonyl (C=O) groups is 1. The first kappa shape index (κ1) is 14.7. The van der Waals surface area contributed by atoms with Crippen LogP contribution in [0.2, 0.25) is 5.02 Å². The van der Waals surface area contributed by atoms with Crippen molar-refractivity contribution >= 4 is 17.4 Å². The van der Waals surface area contributed by atoms with E-state index in [0.717, 1.165) is 5.56 Å². The van der Waals surface area contributed by atoms with Crippen molar-refractivity contribution in [2.45, 2.75) is 18.9 Å². The fourth-order valence-electron chi connectivity index (χ4n) is 2.01. The normalized spacial score (nSPS) is 12.2. The third-order valence-electron chi connectivity index (χ3n) is 3.06. The zero-order valence-electron chi connectivity index (χ0n) is 10.9. The van der Waals surface area contributed by atoms with Gasteiger partial charge in [-0.3, -0.25) is 4.79 Å². The minimum atomic E-state index is -0.483. The van der Waals surface area contributed by atoms with Crippen LogP contribution in [0.15, 0.2) is 48.5 Å². The van der Waals surface area contributed by atoms with Crippen LogP contribution in [-0.2, 0) is 11.2 Å². The second kappa shape index (κ2) is 6.64. The van der Waals surface area contributed by atoms with Crippen molar-refractivity contribution in [3.8, 4) is 0 Å². The molecule has 2 nitrogen and oxygen atoms in total. The average Bonchev–Trinajstić information content (AvgIpc) is 2.44. The molecule has 0 amide bonds. The number of nitrogens with two attached hydrogens (primary N) is 1. The van der Waals surface area contributed by atoms with E-state index in [1.54, 1.807) is 6.07 Å². The lowest BCUT2D eigenvalue weighted by Gasteiger charge is -2.11. The summed E-state index contributed by atoms with van der Waals surface area (Å²) in [7, 11) is 0. The SMILES string of the molecule is NC(CC(=O)Cc1ccc(F)c(Cl)c1)c1ccccc1. The highest BCUT2D eigenvalue weighted by Crippen LogP contribution is 2.18. The van der Waals surface area contributed by atoms with Gasteiger partial charge in [0.25, 0.3) is 0 Å². The fourth-order valence-corrected chi connectivity index (χ4v) is 2.22. The first-order valence-corrected chi connectivity index (χ1v) is 6.70. The van der Waals surface area contributed by atoms with E-state index in [4.69, 9.17) is 17.3 Å². The fraction of sp³-hybridized carbons (Fsp3) is 0.188. The van der Waals surface area contributed by atoms with E-state index >= 15 is 0 Å². The van der Waals surface area contributed by atoms with Crippen LogP contribution in [0.25, 0.3) is 0 Å². The summed E-state index contributed by atoms with van der Waals surface area (Å²) >= 11 is 5.69. The molecule has 2 aromatic carbocycles. The monoisotopic (exact) mass is 291 g/mol. The molecule has 2 N–H and O–H groups in total. The molecular weight excluding hydrogens is 277 g/mol. The van der Waals surface area contributed by atoms with Crippen LogP contribution in [0, 0.1) is 5.82 Å². The van der Waals surface area contributed by atoms with E-state index in [1.165, 1.54) is 12.1 Å². The molecular formula is C16H15ClFNO. The van der Waals surface area contributed by atoms with Gasteiger partial charge in [0.15, 0.2) is 0 Å². The van der Waals surface area contributed by atoms with Gasteiger partial charge in [-0.05, 0) is 23.3 Å². The highest BCUT2D eigenvalue weighted by molar-refractivity contribution is 6.30. The number of ketones is 1. The highest BCUT2D eigenvalue weighted by Gasteiger charge is 2.12. The van der Waals surface area contributed by atoms with Crippen LogP contribution < -0.4 is 5.73 Å². The Balaban J connectivity index is 1.97. The average molecular weight is 292 g/mol. The van der Waals surface area contributed by atoms with E-state index in [0.29, 0.717) is 5.56 Å². The third-order valence-corrected chi connectivity index (χ3v) is 3.35. The van der Waals surface area contributed by atoms with Crippen LogP contribution in [0.5, 0.6) is 0 Å². The molecule has 0 aromatic heterocycles. The van der Waals surface area contributed by atoms with Gasteiger partial charge in [-0.2, -0.15) is 0 Å². The molecule has 0 radical (unpaired) electrons. The quantitative estimate of drug-likeness (QED) is 0.913. The van der Waals surface area contributed by atoms with Crippen molar-refractivity contribution < 1.29 is 9.18 Å². The molecule has 0 saturated heterocycles. The number of rotatable bonds is 5. The largest absolute Gasteiger partial charge is 0.324 e. The molecule has 1 unspecified atom stereocenters. The summed E-state index contributed by atoms with van der Waals surface area (Å²) < 4.78 is 13.0. The molecule has 20 heavy (non-hydrogen) atoms. The Bertz CT molecular complexity index is 601. The van der Waals surface area contributed by atoms with Gasteiger partial charge in [-0.15, -0.1) is 0 Å². The molecule has 0 aliphatic carbocycles. The molecule has 1 atom stereocenters. The first-order chi connectivity index (χ1) is 9.56. The minimum absolute atomic E-state index is 0.00373. The zero-order valence-corrected chi connectivity index (χ0v) is 11.6. The van der Waals surface area contributed by atoms with Crippen molar-refractivity contribution in [3.05, 3.63) is 70.5 Å². The van der Waals surface area contributed by atoms with Crippen LogP contribution in [-0.4, -0.2) is 5.78 Å². The standard InChI is InChI=1S/C16H15ClFNO/c17-14-9-11(6-7-15(14)18)8-13(20)10-16(19)12-4-2-1-3-5-12/h1-7,9,16H,8,10,19H2. The second-order valence-corrected chi connectivity index (χ2v) is 5.09. The summed E-state index contributed by atoms with van der Waals surface area (Å²) in [5.41, 5.74) is 7.62. The molecule has 4 heteroatoms. The molecule has 0 aliphatic rings. The van der Waals surface area contributed by atoms with Gasteiger partial charge in [0.2, 0.25) is 0 Å². The van der Waals surface area contributed by atoms with E-state index < -0.39 is 5.82 Å². The van der Waals surface area contributed by atoms with Gasteiger partial charge in [0, 0.05) is 18.9 Å². The lowest BCUT2D eigenvalue weighted by molar-refractivity contribution is -0.118. The lowest BCUT2D eigenvalue weighted by atomic mass is 9.99. The maximum absolute atomic E-state index is 13.0.